The van der Waals surface area contributed by atoms with Crippen molar-refractivity contribution in [2.45, 2.75) is 25.0 Å². The summed E-state index contributed by atoms with van der Waals surface area (Å²) in [6.45, 7) is 0.987. The van der Waals surface area contributed by atoms with Crippen LogP contribution in [0.4, 0.5) is 9.18 Å². The van der Waals surface area contributed by atoms with Crippen LogP contribution in [0.5, 0.6) is 0 Å². The molecule has 8 heteroatoms. The number of halogens is 1. The van der Waals surface area contributed by atoms with E-state index in [1.807, 2.05) is 11.6 Å². The summed E-state index contributed by atoms with van der Waals surface area (Å²) < 4.78 is 20.3. The van der Waals surface area contributed by atoms with Gasteiger partial charge in [-0.25, -0.2) is 9.18 Å². The standard InChI is InChI=1S/C17H22FN5O2/c1-22-11-20-21-16(22)14-4-3-9-23(14)17(24)19-10-15(25-2)12-5-7-13(18)8-6-12/h5-8,11,14-15H,3-4,9-10H2,1-2H3,(H,19,24)/t14-,15-/m0/s1. The lowest BCUT2D eigenvalue weighted by Crippen LogP contribution is -2.41. The van der Waals surface area contributed by atoms with Gasteiger partial charge < -0.3 is 19.5 Å². The van der Waals surface area contributed by atoms with Crippen molar-refractivity contribution in [2.75, 3.05) is 20.2 Å². The minimum atomic E-state index is -0.333. The Morgan fingerprint density at radius 2 is 2.20 bits per heavy atom. The van der Waals surface area contributed by atoms with Gasteiger partial charge in [0, 0.05) is 27.2 Å². The molecule has 134 valence electrons. The maximum Gasteiger partial charge on any atom is 0.318 e. The molecule has 1 N–H and O–H groups in total. The number of ether oxygens (including phenoxy) is 1. The maximum atomic E-state index is 13.1. The van der Waals surface area contributed by atoms with Crippen molar-refractivity contribution in [1.29, 1.82) is 0 Å². The summed E-state index contributed by atoms with van der Waals surface area (Å²) in [6.07, 6.45) is 3.10. The molecular weight excluding hydrogens is 325 g/mol. The van der Waals surface area contributed by atoms with E-state index in [4.69, 9.17) is 4.74 Å². The number of nitrogens with zero attached hydrogens (tertiary/aromatic N) is 4. The van der Waals surface area contributed by atoms with Gasteiger partial charge in [-0.15, -0.1) is 10.2 Å². The van der Waals surface area contributed by atoms with E-state index in [1.54, 1.807) is 30.5 Å². The number of methoxy groups -OCH3 is 1. The number of urea groups is 1. The molecule has 7 nitrogen and oxygen atoms in total. The number of aromatic nitrogens is 3. The van der Waals surface area contributed by atoms with Crippen molar-refractivity contribution in [1.82, 2.24) is 25.0 Å². The SMILES string of the molecule is CO[C@@H](CNC(=O)N1CCC[C@H]1c1nncn1C)c1ccc(F)cc1. The molecule has 0 aliphatic carbocycles. The van der Waals surface area contributed by atoms with Crippen molar-refractivity contribution in [3.63, 3.8) is 0 Å². The smallest absolute Gasteiger partial charge is 0.318 e. The van der Waals surface area contributed by atoms with Gasteiger partial charge in [0.15, 0.2) is 5.82 Å². The highest BCUT2D eigenvalue weighted by atomic mass is 19.1. The lowest BCUT2D eigenvalue weighted by molar-refractivity contribution is 0.101. The third-order valence-electron chi connectivity index (χ3n) is 4.52. The van der Waals surface area contributed by atoms with Crippen LogP contribution in [0.25, 0.3) is 0 Å². The van der Waals surface area contributed by atoms with Crippen molar-refractivity contribution in [2.24, 2.45) is 7.05 Å². The first-order valence-electron chi connectivity index (χ1n) is 8.26. The lowest BCUT2D eigenvalue weighted by Gasteiger charge is -2.25. The number of hydrogen-bond acceptors (Lipinski definition) is 4. The number of aryl methyl sites for hydroxylation is 1. The summed E-state index contributed by atoms with van der Waals surface area (Å²) in [6, 6.07) is 5.86. The van der Waals surface area contributed by atoms with E-state index in [9.17, 15) is 9.18 Å². The summed E-state index contributed by atoms with van der Waals surface area (Å²) in [7, 11) is 3.44. The fourth-order valence-corrected chi connectivity index (χ4v) is 3.17. The number of nitrogens with one attached hydrogen (secondary N) is 1. The van der Waals surface area contributed by atoms with Crippen LogP contribution >= 0.6 is 0 Å². The van der Waals surface area contributed by atoms with Crippen molar-refractivity contribution < 1.29 is 13.9 Å². The van der Waals surface area contributed by atoms with Crippen LogP contribution in [0.15, 0.2) is 30.6 Å². The van der Waals surface area contributed by atoms with E-state index in [-0.39, 0.29) is 24.0 Å². The molecule has 1 aromatic carbocycles. The second kappa shape index (κ2) is 7.60. The van der Waals surface area contributed by atoms with Crippen LogP contribution in [0.1, 0.15) is 36.4 Å². The highest BCUT2D eigenvalue weighted by molar-refractivity contribution is 5.75. The zero-order chi connectivity index (χ0) is 17.8. The molecule has 0 spiro atoms. The molecule has 2 amide bonds. The molecule has 2 aromatic rings. The Kier molecular flexibility index (Phi) is 5.28. The highest BCUT2D eigenvalue weighted by Crippen LogP contribution is 2.30. The molecule has 0 saturated carbocycles. The van der Waals surface area contributed by atoms with E-state index in [0.717, 1.165) is 24.2 Å². The monoisotopic (exact) mass is 347 g/mol. The number of amides is 2. The minimum absolute atomic E-state index is 0.0701. The van der Waals surface area contributed by atoms with Crippen LogP contribution in [-0.4, -0.2) is 45.9 Å². The lowest BCUT2D eigenvalue weighted by atomic mass is 10.1. The number of hydrogen-bond donors (Lipinski definition) is 1. The predicted octanol–water partition coefficient (Wildman–Crippen LogP) is 2.19. The highest BCUT2D eigenvalue weighted by Gasteiger charge is 2.33. The van der Waals surface area contributed by atoms with Gasteiger partial charge in [-0.2, -0.15) is 0 Å². The fourth-order valence-electron chi connectivity index (χ4n) is 3.17. The Hall–Kier alpha value is -2.48. The summed E-state index contributed by atoms with van der Waals surface area (Å²) in [5.41, 5.74) is 0.815. The Morgan fingerprint density at radius 3 is 2.84 bits per heavy atom. The van der Waals surface area contributed by atoms with Gasteiger partial charge in [0.2, 0.25) is 0 Å². The molecule has 0 bridgehead atoms. The maximum absolute atomic E-state index is 13.1. The summed E-state index contributed by atoms with van der Waals surface area (Å²) in [4.78, 5) is 14.4. The quantitative estimate of drug-likeness (QED) is 0.900. The second-order valence-corrected chi connectivity index (χ2v) is 6.11. The first kappa shape index (κ1) is 17.3. The molecule has 2 heterocycles. The summed E-state index contributed by atoms with van der Waals surface area (Å²) in [5.74, 6) is 0.487. The van der Waals surface area contributed by atoms with Crippen molar-refractivity contribution in [3.05, 3.63) is 47.8 Å². The Labute approximate surface area is 145 Å². The van der Waals surface area contributed by atoms with Gasteiger partial charge in [-0.1, -0.05) is 12.1 Å². The van der Waals surface area contributed by atoms with Crippen LogP contribution in [0.3, 0.4) is 0 Å². The molecule has 1 saturated heterocycles. The molecular formula is C17H22FN5O2. The van der Waals surface area contributed by atoms with Crippen LogP contribution in [0.2, 0.25) is 0 Å². The summed E-state index contributed by atoms with van der Waals surface area (Å²) in [5, 5.41) is 10.9. The average molecular weight is 347 g/mol. The first-order chi connectivity index (χ1) is 12.1. The fraction of sp³-hybridized carbons (Fsp3) is 0.471. The van der Waals surface area contributed by atoms with E-state index in [2.05, 4.69) is 15.5 Å². The minimum Gasteiger partial charge on any atom is -0.375 e. The largest absolute Gasteiger partial charge is 0.375 e. The zero-order valence-corrected chi connectivity index (χ0v) is 14.4. The van der Waals surface area contributed by atoms with Crippen molar-refractivity contribution >= 4 is 6.03 Å². The number of carbonyl (C=O) groups is 1. The van der Waals surface area contributed by atoms with Gasteiger partial charge in [0.25, 0.3) is 0 Å². The number of likely N-dealkylation sites (tertiary alicyclic amines) is 1. The van der Waals surface area contributed by atoms with Crippen molar-refractivity contribution in [3.8, 4) is 0 Å². The first-order valence-corrected chi connectivity index (χ1v) is 8.26. The second-order valence-electron chi connectivity index (χ2n) is 6.11. The third kappa shape index (κ3) is 3.79. The van der Waals surface area contributed by atoms with Gasteiger partial charge in [0.05, 0.1) is 12.1 Å². The van der Waals surface area contributed by atoms with Gasteiger partial charge in [-0.3, -0.25) is 0 Å². The molecule has 25 heavy (non-hydrogen) atoms. The Morgan fingerprint density at radius 1 is 1.44 bits per heavy atom. The molecule has 1 aromatic heterocycles. The topological polar surface area (TPSA) is 72.3 Å². The Balaban J connectivity index is 1.63. The van der Waals surface area contributed by atoms with E-state index in [1.165, 1.54) is 12.1 Å². The van der Waals surface area contributed by atoms with Crippen LogP contribution in [0, 0.1) is 5.82 Å². The van der Waals surface area contributed by atoms with Gasteiger partial charge >= 0.3 is 6.03 Å². The average Bonchev–Trinajstić information content (AvgIpc) is 3.25. The van der Waals surface area contributed by atoms with E-state index >= 15 is 0 Å². The zero-order valence-electron chi connectivity index (χ0n) is 14.4. The Bertz CT molecular complexity index is 718. The van der Waals surface area contributed by atoms with E-state index in [0.29, 0.717) is 13.1 Å². The number of carbonyl (C=O) groups excluding carboxylic acids is 1. The molecule has 2 atom stereocenters. The number of rotatable bonds is 5. The molecule has 0 radical (unpaired) electrons. The van der Waals surface area contributed by atoms with Gasteiger partial charge in [0.1, 0.15) is 12.1 Å². The third-order valence-corrected chi connectivity index (χ3v) is 4.52. The summed E-state index contributed by atoms with van der Waals surface area (Å²) >= 11 is 0. The number of benzene rings is 1. The van der Waals surface area contributed by atoms with Gasteiger partial charge in [-0.05, 0) is 30.5 Å². The molecule has 1 fully saturated rings. The molecule has 0 unspecified atom stereocenters. The predicted molar refractivity (Wildman–Crippen MR) is 89.2 cm³/mol. The van der Waals surface area contributed by atoms with E-state index < -0.39 is 0 Å². The van der Waals surface area contributed by atoms with Crippen LogP contribution in [-0.2, 0) is 11.8 Å². The van der Waals surface area contributed by atoms with Crippen LogP contribution < -0.4 is 5.32 Å². The molecule has 1 aliphatic heterocycles. The normalized spacial score (nSPS) is 18.4. The molecule has 3 rings (SSSR count). The molecule has 1 aliphatic rings.